The number of carbonyl (C=O) groups is 1. The third-order valence-electron chi connectivity index (χ3n) is 2.53. The molecule has 0 spiro atoms. The first-order valence-electron chi connectivity index (χ1n) is 4.92. The van der Waals surface area contributed by atoms with Gasteiger partial charge in [0.1, 0.15) is 5.69 Å². The molecule has 0 aliphatic heterocycles. The zero-order valence-corrected chi connectivity index (χ0v) is 9.24. The molecule has 82 valence electrons. The molecule has 1 unspecified atom stereocenters. The molecule has 1 atom stereocenters. The molecule has 2 N–H and O–H groups in total. The molecule has 0 bridgehead atoms. The van der Waals surface area contributed by atoms with Crippen molar-refractivity contribution in [1.29, 1.82) is 0 Å². The van der Waals surface area contributed by atoms with E-state index in [2.05, 4.69) is 10.3 Å². The van der Waals surface area contributed by atoms with Crippen molar-refractivity contribution in [3.05, 3.63) is 29.6 Å². The summed E-state index contributed by atoms with van der Waals surface area (Å²) in [5.74, 6) is -0.247. The molecule has 4 heteroatoms. The SMILES string of the molecule is CCC(C)(O)c1ccnc(C(=O)NC)c1. The van der Waals surface area contributed by atoms with Crippen molar-refractivity contribution in [3.8, 4) is 0 Å². The standard InChI is InChI=1S/C11H16N2O2/c1-4-11(2,15)8-5-6-13-9(7-8)10(14)12-3/h5-7,15H,4H2,1-3H3,(H,12,14). The fourth-order valence-corrected chi connectivity index (χ4v) is 1.22. The Bertz CT molecular complexity index is 361. The molecule has 0 fully saturated rings. The van der Waals surface area contributed by atoms with E-state index in [1.807, 2.05) is 6.92 Å². The first kappa shape index (κ1) is 11.7. The van der Waals surface area contributed by atoms with E-state index >= 15 is 0 Å². The zero-order chi connectivity index (χ0) is 11.5. The Balaban J connectivity index is 3.08. The Kier molecular flexibility index (Phi) is 3.42. The van der Waals surface area contributed by atoms with Crippen LogP contribution in [0.4, 0.5) is 0 Å². The minimum Gasteiger partial charge on any atom is -0.385 e. The van der Waals surface area contributed by atoms with Gasteiger partial charge < -0.3 is 10.4 Å². The first-order valence-corrected chi connectivity index (χ1v) is 4.92. The fourth-order valence-electron chi connectivity index (χ4n) is 1.22. The highest BCUT2D eigenvalue weighted by molar-refractivity contribution is 5.92. The molecule has 1 amide bonds. The second kappa shape index (κ2) is 4.40. The predicted molar refractivity (Wildman–Crippen MR) is 57.5 cm³/mol. The van der Waals surface area contributed by atoms with E-state index in [0.717, 1.165) is 0 Å². The number of rotatable bonds is 3. The lowest BCUT2D eigenvalue weighted by atomic mass is 9.94. The van der Waals surface area contributed by atoms with Gasteiger partial charge in [-0.05, 0) is 31.0 Å². The Morgan fingerprint density at radius 1 is 1.67 bits per heavy atom. The van der Waals surface area contributed by atoms with Crippen molar-refractivity contribution in [2.45, 2.75) is 25.9 Å². The fraction of sp³-hybridized carbons (Fsp3) is 0.455. The highest BCUT2D eigenvalue weighted by Crippen LogP contribution is 2.23. The minimum atomic E-state index is -0.911. The molecule has 0 radical (unpaired) electrons. The summed E-state index contributed by atoms with van der Waals surface area (Å²) in [6.07, 6.45) is 2.12. The van der Waals surface area contributed by atoms with E-state index in [1.165, 1.54) is 6.20 Å². The molecule has 0 saturated carbocycles. The summed E-state index contributed by atoms with van der Waals surface area (Å²) in [5, 5.41) is 12.5. The van der Waals surface area contributed by atoms with Gasteiger partial charge in [0.05, 0.1) is 5.60 Å². The van der Waals surface area contributed by atoms with E-state index in [0.29, 0.717) is 17.7 Å². The average Bonchev–Trinajstić information content (AvgIpc) is 2.28. The number of aliphatic hydroxyl groups is 1. The molecule has 0 saturated heterocycles. The lowest BCUT2D eigenvalue weighted by molar-refractivity contribution is 0.0529. The smallest absolute Gasteiger partial charge is 0.269 e. The van der Waals surface area contributed by atoms with Crippen LogP contribution in [0.25, 0.3) is 0 Å². The van der Waals surface area contributed by atoms with Crippen LogP contribution in [0.3, 0.4) is 0 Å². The van der Waals surface area contributed by atoms with Crippen molar-refractivity contribution in [2.75, 3.05) is 7.05 Å². The molecule has 15 heavy (non-hydrogen) atoms. The van der Waals surface area contributed by atoms with Crippen LogP contribution in [-0.2, 0) is 5.60 Å². The van der Waals surface area contributed by atoms with Gasteiger partial charge in [0, 0.05) is 13.2 Å². The summed E-state index contributed by atoms with van der Waals surface area (Å²) in [6.45, 7) is 3.61. The second-order valence-electron chi connectivity index (χ2n) is 3.64. The number of nitrogens with one attached hydrogen (secondary N) is 1. The number of pyridine rings is 1. The van der Waals surface area contributed by atoms with Crippen LogP contribution in [0.15, 0.2) is 18.3 Å². The van der Waals surface area contributed by atoms with Gasteiger partial charge in [-0.1, -0.05) is 6.92 Å². The zero-order valence-electron chi connectivity index (χ0n) is 9.24. The summed E-state index contributed by atoms with van der Waals surface area (Å²) in [6, 6.07) is 3.33. The van der Waals surface area contributed by atoms with Gasteiger partial charge in [0.25, 0.3) is 5.91 Å². The van der Waals surface area contributed by atoms with Gasteiger partial charge in [-0.2, -0.15) is 0 Å². The van der Waals surface area contributed by atoms with Crippen molar-refractivity contribution >= 4 is 5.91 Å². The average molecular weight is 208 g/mol. The molecule has 0 aromatic carbocycles. The predicted octanol–water partition coefficient (Wildman–Crippen LogP) is 1.06. The topological polar surface area (TPSA) is 62.2 Å². The molecular formula is C11H16N2O2. The van der Waals surface area contributed by atoms with Crippen LogP contribution >= 0.6 is 0 Å². The van der Waals surface area contributed by atoms with Crippen LogP contribution in [0.5, 0.6) is 0 Å². The number of hydrogen-bond donors (Lipinski definition) is 2. The van der Waals surface area contributed by atoms with E-state index in [9.17, 15) is 9.90 Å². The van der Waals surface area contributed by atoms with E-state index in [1.54, 1.807) is 26.1 Å². The van der Waals surface area contributed by atoms with Gasteiger partial charge in [-0.25, -0.2) is 0 Å². The van der Waals surface area contributed by atoms with Crippen LogP contribution < -0.4 is 5.32 Å². The van der Waals surface area contributed by atoms with Gasteiger partial charge in [-0.3, -0.25) is 9.78 Å². The monoisotopic (exact) mass is 208 g/mol. The summed E-state index contributed by atoms with van der Waals surface area (Å²) >= 11 is 0. The molecule has 1 heterocycles. The minimum absolute atomic E-state index is 0.247. The molecule has 4 nitrogen and oxygen atoms in total. The van der Waals surface area contributed by atoms with Crippen LogP contribution in [0.2, 0.25) is 0 Å². The molecular weight excluding hydrogens is 192 g/mol. The molecule has 1 aromatic heterocycles. The number of nitrogens with zero attached hydrogens (tertiary/aromatic N) is 1. The highest BCUT2D eigenvalue weighted by Gasteiger charge is 2.21. The highest BCUT2D eigenvalue weighted by atomic mass is 16.3. The lowest BCUT2D eigenvalue weighted by Gasteiger charge is -2.21. The van der Waals surface area contributed by atoms with E-state index in [-0.39, 0.29) is 5.91 Å². The Labute approximate surface area is 89.3 Å². The quantitative estimate of drug-likeness (QED) is 0.780. The third-order valence-corrected chi connectivity index (χ3v) is 2.53. The van der Waals surface area contributed by atoms with Crippen molar-refractivity contribution < 1.29 is 9.90 Å². The first-order chi connectivity index (χ1) is 7.01. The van der Waals surface area contributed by atoms with Crippen LogP contribution in [0, 0.1) is 0 Å². The summed E-state index contributed by atoms with van der Waals surface area (Å²) < 4.78 is 0. The normalized spacial score (nSPS) is 14.4. The maximum atomic E-state index is 11.3. The Hall–Kier alpha value is -1.42. The summed E-state index contributed by atoms with van der Waals surface area (Å²) in [5.41, 5.74) is 0.119. The van der Waals surface area contributed by atoms with Gasteiger partial charge in [0.2, 0.25) is 0 Å². The van der Waals surface area contributed by atoms with E-state index in [4.69, 9.17) is 0 Å². The number of carbonyl (C=O) groups excluding carboxylic acids is 1. The van der Waals surface area contributed by atoms with E-state index < -0.39 is 5.60 Å². The number of hydrogen-bond acceptors (Lipinski definition) is 3. The molecule has 1 aromatic rings. The maximum Gasteiger partial charge on any atom is 0.269 e. The second-order valence-corrected chi connectivity index (χ2v) is 3.64. The molecule has 0 aliphatic carbocycles. The van der Waals surface area contributed by atoms with Crippen molar-refractivity contribution in [3.63, 3.8) is 0 Å². The number of aromatic nitrogens is 1. The van der Waals surface area contributed by atoms with Gasteiger partial charge >= 0.3 is 0 Å². The van der Waals surface area contributed by atoms with Crippen LogP contribution in [0.1, 0.15) is 36.3 Å². The maximum absolute atomic E-state index is 11.3. The van der Waals surface area contributed by atoms with Crippen molar-refractivity contribution in [2.24, 2.45) is 0 Å². The van der Waals surface area contributed by atoms with Gasteiger partial charge in [0.15, 0.2) is 0 Å². The summed E-state index contributed by atoms with van der Waals surface area (Å²) in [4.78, 5) is 15.3. The largest absolute Gasteiger partial charge is 0.385 e. The van der Waals surface area contributed by atoms with Gasteiger partial charge in [-0.15, -0.1) is 0 Å². The molecule has 0 aliphatic rings. The molecule has 1 rings (SSSR count). The summed E-state index contributed by atoms with van der Waals surface area (Å²) in [7, 11) is 1.55. The third kappa shape index (κ3) is 2.53. The lowest BCUT2D eigenvalue weighted by Crippen LogP contribution is -2.23. The van der Waals surface area contributed by atoms with Crippen molar-refractivity contribution in [1.82, 2.24) is 10.3 Å². The number of amides is 1. The Morgan fingerprint density at radius 2 is 2.33 bits per heavy atom. The Morgan fingerprint density at radius 3 is 2.87 bits per heavy atom. The van der Waals surface area contributed by atoms with Crippen LogP contribution in [-0.4, -0.2) is 23.0 Å².